The van der Waals surface area contributed by atoms with Gasteiger partial charge in [-0.25, -0.2) is 9.97 Å². The van der Waals surface area contributed by atoms with Crippen LogP contribution in [0.2, 0.25) is 0 Å². The lowest BCUT2D eigenvalue weighted by Crippen LogP contribution is -2.54. The summed E-state index contributed by atoms with van der Waals surface area (Å²) < 4.78 is 7.44. The van der Waals surface area contributed by atoms with Crippen LogP contribution in [0.1, 0.15) is 102 Å². The maximum absolute atomic E-state index is 13.5. The van der Waals surface area contributed by atoms with Crippen LogP contribution >= 0.6 is 0 Å². The van der Waals surface area contributed by atoms with E-state index >= 15 is 0 Å². The Balaban J connectivity index is 0.810. The van der Waals surface area contributed by atoms with E-state index < -0.39 is 42.2 Å². The third-order valence-electron chi connectivity index (χ3n) is 10.9. The number of ether oxygens (including phenoxy) is 1. The number of amides is 7. The van der Waals surface area contributed by atoms with Gasteiger partial charge in [0.15, 0.2) is 6.61 Å². The number of carbonyl (C=O) groups is 7. The van der Waals surface area contributed by atoms with Gasteiger partial charge in [-0.2, -0.15) is 5.26 Å². The second-order valence-electron chi connectivity index (χ2n) is 15.6. The predicted octanol–water partition coefficient (Wildman–Crippen LogP) is 2.89. The second kappa shape index (κ2) is 18.4. The number of aromatic nitrogens is 3. The van der Waals surface area contributed by atoms with Crippen LogP contribution in [-0.2, 0) is 19.2 Å². The van der Waals surface area contributed by atoms with Gasteiger partial charge in [0.05, 0.1) is 27.9 Å². The van der Waals surface area contributed by atoms with Crippen molar-refractivity contribution in [2.75, 3.05) is 25.0 Å². The first-order valence-electron chi connectivity index (χ1n) is 20.4. The van der Waals surface area contributed by atoms with E-state index in [0.29, 0.717) is 79.9 Å². The molecule has 1 saturated heterocycles. The normalized spacial score (nSPS) is 18.7. The minimum atomic E-state index is -1.11. The van der Waals surface area contributed by atoms with Crippen LogP contribution in [0.3, 0.4) is 0 Å². The molecule has 18 heteroatoms. The number of hydrogen-bond acceptors (Lipinski definition) is 12. The largest absolute Gasteiger partial charge is 0.483 e. The first-order valence-corrected chi connectivity index (χ1v) is 20.4. The fourth-order valence-corrected chi connectivity index (χ4v) is 7.85. The molecule has 18 nitrogen and oxygen atoms in total. The minimum Gasteiger partial charge on any atom is -0.483 e. The summed E-state index contributed by atoms with van der Waals surface area (Å²) >= 11 is 0. The molecule has 1 saturated carbocycles. The number of nitrogens with one attached hydrogen (secondary N) is 5. The fraction of sp³-hybridized carbons (Fsp3) is 0.395. The molecule has 7 amide bonds. The van der Waals surface area contributed by atoms with Crippen LogP contribution < -0.4 is 31.3 Å². The SMILES string of the molecule is CC(C)Nc1cc(-n2ccc3cc(C#N)cnc32)ncc1C(=O)NC1CCC(C(=O)NCCCCNC(=O)COc2cccc3c2C(=O)N(C2CCC(=O)NC2=O)C3=O)CC1. The van der Waals surface area contributed by atoms with Crippen molar-refractivity contribution in [3.8, 4) is 17.6 Å². The van der Waals surface area contributed by atoms with Crippen LogP contribution in [0, 0.1) is 17.2 Å². The molecule has 316 valence electrons. The summed E-state index contributed by atoms with van der Waals surface area (Å²) in [6.45, 7) is 4.32. The predicted molar refractivity (Wildman–Crippen MR) is 219 cm³/mol. The number of benzene rings is 1. The topological polar surface area (TPSA) is 247 Å². The Morgan fingerprint density at radius 3 is 2.46 bits per heavy atom. The number of imide groups is 2. The lowest BCUT2D eigenvalue weighted by molar-refractivity contribution is -0.136. The van der Waals surface area contributed by atoms with E-state index in [2.05, 4.69) is 42.6 Å². The summed E-state index contributed by atoms with van der Waals surface area (Å²) in [5.74, 6) is -2.88. The molecule has 1 aromatic carbocycles. The Morgan fingerprint density at radius 2 is 1.72 bits per heavy atom. The molecular weight excluding hydrogens is 785 g/mol. The molecule has 2 aliphatic heterocycles. The van der Waals surface area contributed by atoms with Gasteiger partial charge in [-0.05, 0) is 83.1 Å². The number of nitrogens with zero attached hydrogens (tertiary/aromatic N) is 5. The molecule has 3 aliphatic rings. The third kappa shape index (κ3) is 9.35. The first kappa shape index (κ1) is 42.0. The van der Waals surface area contributed by atoms with Crippen molar-refractivity contribution in [1.29, 1.82) is 5.26 Å². The highest BCUT2D eigenvalue weighted by Gasteiger charge is 2.46. The average Bonchev–Trinajstić information content (AvgIpc) is 3.78. The Kier molecular flexibility index (Phi) is 12.7. The van der Waals surface area contributed by atoms with Crippen molar-refractivity contribution >= 4 is 58.1 Å². The van der Waals surface area contributed by atoms with Crippen LogP contribution in [-0.4, -0.2) is 98.6 Å². The Bertz CT molecular complexity index is 2450. The van der Waals surface area contributed by atoms with Crippen LogP contribution in [0.25, 0.3) is 16.9 Å². The van der Waals surface area contributed by atoms with Crippen LogP contribution in [0.5, 0.6) is 5.75 Å². The van der Waals surface area contributed by atoms with Gasteiger partial charge in [-0.1, -0.05) is 6.07 Å². The molecule has 3 aromatic heterocycles. The highest BCUT2D eigenvalue weighted by Crippen LogP contribution is 2.34. The number of unbranched alkanes of at least 4 members (excludes halogenated alkanes) is 1. The number of rotatable bonds is 15. The standard InChI is InChI=1S/C43H46N10O8/c1-24(2)49-31-19-34(52-17-14-27-18-25(20-44)21-48-38(27)52)47-22-30(31)40(57)50-28-10-8-26(9-11-28)39(56)46-16-4-3-15-45-36(55)23-61-33-7-5-6-29-37(33)43(60)53(42(29)59)32-12-13-35(54)51-41(32)58/h5-7,14,17-19,21-22,24,26,28,32H,3-4,8-13,15-16,23H2,1-2H3,(H,45,55)(H,46,56)(H,47,49)(H,50,57)(H,51,54,58). The lowest BCUT2D eigenvalue weighted by atomic mass is 9.85. The van der Waals surface area contributed by atoms with Gasteiger partial charge in [0, 0.05) is 67.6 Å². The number of pyridine rings is 2. The molecule has 0 spiro atoms. The van der Waals surface area contributed by atoms with Crippen LogP contribution in [0.4, 0.5) is 5.69 Å². The number of hydrogen-bond donors (Lipinski definition) is 5. The zero-order valence-corrected chi connectivity index (χ0v) is 33.8. The van der Waals surface area contributed by atoms with Gasteiger partial charge >= 0.3 is 0 Å². The summed E-state index contributed by atoms with van der Waals surface area (Å²) in [7, 11) is 0. The van der Waals surface area contributed by atoms with Gasteiger partial charge < -0.3 is 26.0 Å². The smallest absolute Gasteiger partial charge is 0.266 e. The van der Waals surface area contributed by atoms with Gasteiger partial charge in [-0.3, -0.25) is 48.3 Å². The summed E-state index contributed by atoms with van der Waals surface area (Å²) in [6.07, 6.45) is 8.67. The summed E-state index contributed by atoms with van der Waals surface area (Å²) in [4.78, 5) is 99.1. The van der Waals surface area contributed by atoms with Crippen molar-refractivity contribution in [3.63, 3.8) is 0 Å². The highest BCUT2D eigenvalue weighted by molar-refractivity contribution is 6.24. The van der Waals surface area contributed by atoms with E-state index in [1.807, 2.05) is 36.7 Å². The van der Waals surface area contributed by atoms with Crippen molar-refractivity contribution in [2.45, 2.75) is 83.3 Å². The van der Waals surface area contributed by atoms with E-state index in [0.717, 1.165) is 10.3 Å². The number of carbonyl (C=O) groups excluding carboxylic acids is 7. The molecule has 5 N–H and O–H groups in total. The molecule has 7 rings (SSSR count). The molecule has 61 heavy (non-hydrogen) atoms. The number of piperidine rings is 1. The quantitative estimate of drug-likeness (QED) is 0.0858. The molecule has 0 radical (unpaired) electrons. The van der Waals surface area contributed by atoms with E-state index in [9.17, 15) is 38.8 Å². The zero-order chi connectivity index (χ0) is 43.2. The molecule has 1 unspecified atom stereocenters. The molecule has 5 heterocycles. The van der Waals surface area contributed by atoms with Gasteiger partial charge in [0.2, 0.25) is 17.7 Å². The number of anilines is 1. The first-order chi connectivity index (χ1) is 29.4. The molecule has 1 atom stereocenters. The van der Waals surface area contributed by atoms with E-state index in [-0.39, 0.29) is 59.5 Å². The highest BCUT2D eigenvalue weighted by atomic mass is 16.5. The van der Waals surface area contributed by atoms with E-state index in [1.54, 1.807) is 12.3 Å². The number of fused-ring (bicyclic) bond motifs is 2. The summed E-state index contributed by atoms with van der Waals surface area (Å²) in [5.41, 5.74) is 2.16. The van der Waals surface area contributed by atoms with E-state index in [1.165, 1.54) is 24.4 Å². The lowest BCUT2D eigenvalue weighted by Gasteiger charge is -2.28. The van der Waals surface area contributed by atoms with Crippen molar-refractivity contribution in [1.82, 2.24) is 40.7 Å². The summed E-state index contributed by atoms with van der Waals surface area (Å²) in [5, 5.41) is 24.4. The van der Waals surface area contributed by atoms with Crippen molar-refractivity contribution < 1.29 is 38.3 Å². The second-order valence-corrected chi connectivity index (χ2v) is 15.6. The monoisotopic (exact) mass is 830 g/mol. The van der Waals surface area contributed by atoms with Gasteiger partial charge in [-0.15, -0.1) is 0 Å². The minimum absolute atomic E-state index is 0.000469. The molecule has 0 bridgehead atoms. The maximum Gasteiger partial charge on any atom is 0.266 e. The number of nitriles is 1. The average molecular weight is 831 g/mol. The third-order valence-corrected chi connectivity index (χ3v) is 10.9. The van der Waals surface area contributed by atoms with Crippen molar-refractivity contribution in [3.05, 3.63) is 77.2 Å². The van der Waals surface area contributed by atoms with Gasteiger partial charge in [0.25, 0.3) is 23.6 Å². The maximum atomic E-state index is 13.5. The fourth-order valence-electron chi connectivity index (χ4n) is 7.85. The van der Waals surface area contributed by atoms with E-state index in [4.69, 9.17) is 4.74 Å². The van der Waals surface area contributed by atoms with Gasteiger partial charge in [0.1, 0.15) is 29.3 Å². The Morgan fingerprint density at radius 1 is 0.951 bits per heavy atom. The Labute approximate surface area is 350 Å². The molecule has 1 aliphatic carbocycles. The van der Waals surface area contributed by atoms with Crippen molar-refractivity contribution in [2.24, 2.45) is 5.92 Å². The molecular formula is C43H46N10O8. The van der Waals surface area contributed by atoms with Crippen LogP contribution in [0.15, 0.2) is 55.0 Å². The zero-order valence-electron chi connectivity index (χ0n) is 33.8. The molecule has 4 aromatic rings. The summed E-state index contributed by atoms with van der Waals surface area (Å²) in [6, 6.07) is 10.8. The Hall–Kier alpha value is -7.16. The molecule has 2 fully saturated rings.